The van der Waals surface area contributed by atoms with Crippen molar-refractivity contribution in [3.63, 3.8) is 0 Å². The highest BCUT2D eigenvalue weighted by Crippen LogP contribution is 2.25. The summed E-state index contributed by atoms with van der Waals surface area (Å²) >= 11 is 0. The summed E-state index contributed by atoms with van der Waals surface area (Å²) in [6, 6.07) is 13.3. The summed E-state index contributed by atoms with van der Waals surface area (Å²) in [6.45, 7) is 1.73. The van der Waals surface area contributed by atoms with Crippen molar-refractivity contribution in [2.75, 3.05) is 23.8 Å². The topological polar surface area (TPSA) is 135 Å². The van der Waals surface area contributed by atoms with Crippen molar-refractivity contribution < 1.29 is 27.5 Å². The van der Waals surface area contributed by atoms with Gasteiger partial charge in [0, 0.05) is 6.20 Å². The summed E-state index contributed by atoms with van der Waals surface area (Å²) in [4.78, 5) is 23.1. The molecule has 2 aromatic carbocycles. The number of esters is 2. The minimum absolute atomic E-state index is 0.0651. The quantitative estimate of drug-likeness (QED) is 0.371. The van der Waals surface area contributed by atoms with Gasteiger partial charge in [-0.2, -0.15) is 5.26 Å². The molecule has 10 heteroatoms. The Labute approximate surface area is 174 Å². The third-order valence-corrected chi connectivity index (χ3v) is 5.13. The molecule has 0 saturated carbocycles. The molecule has 156 valence electrons. The largest absolute Gasteiger partial charge is 0.465 e. The molecular formula is C20H19N3O6S. The van der Waals surface area contributed by atoms with Crippen LogP contribution in [-0.2, 0) is 24.3 Å². The molecule has 0 saturated heterocycles. The van der Waals surface area contributed by atoms with Crippen molar-refractivity contribution in [1.82, 2.24) is 0 Å². The van der Waals surface area contributed by atoms with Crippen LogP contribution in [0.4, 0.5) is 11.4 Å². The van der Waals surface area contributed by atoms with Gasteiger partial charge in [-0.05, 0) is 43.3 Å². The monoisotopic (exact) mass is 429 g/mol. The molecule has 0 aliphatic carbocycles. The van der Waals surface area contributed by atoms with Gasteiger partial charge in [0.1, 0.15) is 6.07 Å². The van der Waals surface area contributed by atoms with E-state index in [9.17, 15) is 18.0 Å². The molecule has 0 aliphatic rings. The average molecular weight is 429 g/mol. The van der Waals surface area contributed by atoms with E-state index in [1.54, 1.807) is 31.2 Å². The van der Waals surface area contributed by atoms with Gasteiger partial charge in [0.05, 0.1) is 35.6 Å². The molecule has 2 rings (SSSR count). The normalized spacial score (nSPS) is 11.2. The summed E-state index contributed by atoms with van der Waals surface area (Å²) in [5, 5.41) is 11.8. The van der Waals surface area contributed by atoms with E-state index in [0.29, 0.717) is 5.69 Å². The Balaban J connectivity index is 2.26. The summed E-state index contributed by atoms with van der Waals surface area (Å²) in [5.74, 6) is -1.38. The number of hydrogen-bond donors (Lipinski definition) is 2. The van der Waals surface area contributed by atoms with E-state index >= 15 is 0 Å². The number of sulfonamides is 1. The number of nitrogens with one attached hydrogen (secondary N) is 2. The number of hydrogen-bond acceptors (Lipinski definition) is 8. The van der Waals surface area contributed by atoms with Crippen LogP contribution in [0.25, 0.3) is 0 Å². The van der Waals surface area contributed by atoms with Crippen LogP contribution in [0.15, 0.2) is 65.2 Å². The zero-order valence-corrected chi connectivity index (χ0v) is 17.0. The fraction of sp³-hybridized carbons (Fsp3) is 0.150. The summed E-state index contributed by atoms with van der Waals surface area (Å²) in [6.07, 6.45) is 1.14. The molecule has 2 aromatic rings. The molecule has 9 nitrogen and oxygen atoms in total. The maximum atomic E-state index is 12.7. The van der Waals surface area contributed by atoms with E-state index in [2.05, 4.69) is 14.8 Å². The highest BCUT2D eigenvalue weighted by Gasteiger charge is 2.17. The first-order valence-corrected chi connectivity index (χ1v) is 10.1. The molecule has 2 N–H and O–H groups in total. The molecule has 0 aliphatic heterocycles. The lowest BCUT2D eigenvalue weighted by Gasteiger charge is -2.13. The Kier molecular flexibility index (Phi) is 7.55. The zero-order chi connectivity index (χ0) is 22.1. The van der Waals surface area contributed by atoms with Crippen LogP contribution < -0.4 is 10.0 Å². The second-order valence-electron chi connectivity index (χ2n) is 5.70. The number of anilines is 2. The van der Waals surface area contributed by atoms with Crippen molar-refractivity contribution >= 4 is 33.3 Å². The predicted octanol–water partition coefficient (Wildman–Crippen LogP) is 2.66. The first-order chi connectivity index (χ1) is 14.3. The second-order valence-corrected chi connectivity index (χ2v) is 7.38. The lowest BCUT2D eigenvalue weighted by molar-refractivity contribution is -0.138. The van der Waals surface area contributed by atoms with Crippen molar-refractivity contribution in [3.8, 4) is 6.07 Å². The fourth-order valence-corrected chi connectivity index (χ4v) is 3.37. The van der Waals surface area contributed by atoms with Crippen LogP contribution in [0.2, 0.25) is 0 Å². The molecule has 30 heavy (non-hydrogen) atoms. The van der Waals surface area contributed by atoms with Gasteiger partial charge in [0.25, 0.3) is 10.0 Å². The van der Waals surface area contributed by atoms with Crippen molar-refractivity contribution in [2.24, 2.45) is 0 Å². The first kappa shape index (κ1) is 22.4. The van der Waals surface area contributed by atoms with Gasteiger partial charge in [0.15, 0.2) is 5.57 Å². The molecule has 0 amide bonds. The van der Waals surface area contributed by atoms with Crippen LogP contribution in [0, 0.1) is 11.3 Å². The van der Waals surface area contributed by atoms with E-state index in [0.717, 1.165) is 6.20 Å². The predicted molar refractivity (Wildman–Crippen MR) is 109 cm³/mol. The number of nitrogens with zero attached hydrogens (tertiary/aromatic N) is 1. The fourth-order valence-electron chi connectivity index (χ4n) is 2.29. The molecular weight excluding hydrogens is 410 g/mol. The molecule has 0 unspecified atom stereocenters. The number of methoxy groups -OCH3 is 1. The number of benzene rings is 2. The van der Waals surface area contributed by atoms with Gasteiger partial charge >= 0.3 is 11.9 Å². The zero-order valence-electron chi connectivity index (χ0n) is 16.2. The molecule has 0 spiro atoms. The van der Waals surface area contributed by atoms with Crippen molar-refractivity contribution in [2.45, 2.75) is 11.8 Å². The standard InChI is InChI=1S/C20H19N3O6S/c1-3-29-20(25)15(12-21)13-22-17-6-4-5-7-18(17)23-30(26,27)16-10-8-14(9-11-16)19(24)28-2/h4-11,13,22-23H,3H2,1-2H3/b15-13+. The summed E-state index contributed by atoms with van der Waals surface area (Å²) in [5.41, 5.74) is 0.441. The Bertz CT molecular complexity index is 1100. The van der Waals surface area contributed by atoms with E-state index in [4.69, 9.17) is 10.00 Å². The molecule has 0 radical (unpaired) electrons. The Morgan fingerprint density at radius 2 is 1.73 bits per heavy atom. The average Bonchev–Trinajstić information content (AvgIpc) is 2.74. The number of ether oxygens (including phenoxy) is 2. The highest BCUT2D eigenvalue weighted by molar-refractivity contribution is 7.92. The van der Waals surface area contributed by atoms with Crippen LogP contribution in [0.5, 0.6) is 0 Å². The maximum Gasteiger partial charge on any atom is 0.350 e. The molecule has 0 atom stereocenters. The van der Waals surface area contributed by atoms with Crippen LogP contribution in [0.3, 0.4) is 0 Å². The third-order valence-electron chi connectivity index (χ3n) is 3.74. The van der Waals surface area contributed by atoms with Crippen LogP contribution in [0.1, 0.15) is 17.3 Å². The van der Waals surface area contributed by atoms with Gasteiger partial charge in [-0.1, -0.05) is 12.1 Å². The number of carbonyl (C=O) groups excluding carboxylic acids is 2. The number of nitriles is 1. The van der Waals surface area contributed by atoms with E-state index in [1.165, 1.54) is 37.4 Å². The van der Waals surface area contributed by atoms with Crippen LogP contribution >= 0.6 is 0 Å². The summed E-state index contributed by atoms with van der Waals surface area (Å²) < 4.78 is 37.2. The lowest BCUT2D eigenvalue weighted by atomic mass is 10.2. The Morgan fingerprint density at radius 1 is 1.10 bits per heavy atom. The van der Waals surface area contributed by atoms with Gasteiger partial charge < -0.3 is 14.8 Å². The van der Waals surface area contributed by atoms with Crippen LogP contribution in [-0.4, -0.2) is 34.1 Å². The smallest absolute Gasteiger partial charge is 0.350 e. The highest BCUT2D eigenvalue weighted by atomic mass is 32.2. The SMILES string of the molecule is CCOC(=O)/C(C#N)=C/Nc1ccccc1NS(=O)(=O)c1ccc(C(=O)OC)cc1. The van der Waals surface area contributed by atoms with Gasteiger partial charge in [-0.3, -0.25) is 4.72 Å². The molecule has 0 heterocycles. The van der Waals surface area contributed by atoms with E-state index < -0.39 is 22.0 Å². The van der Waals surface area contributed by atoms with E-state index in [-0.39, 0.29) is 28.3 Å². The van der Waals surface area contributed by atoms with E-state index in [1.807, 2.05) is 0 Å². The van der Waals surface area contributed by atoms with Gasteiger partial charge in [-0.15, -0.1) is 0 Å². The summed E-state index contributed by atoms with van der Waals surface area (Å²) in [7, 11) is -2.74. The minimum Gasteiger partial charge on any atom is -0.465 e. The maximum absolute atomic E-state index is 12.7. The second kappa shape index (κ2) is 10.1. The first-order valence-electron chi connectivity index (χ1n) is 8.66. The molecule has 0 fully saturated rings. The Morgan fingerprint density at radius 3 is 2.30 bits per heavy atom. The van der Waals surface area contributed by atoms with Crippen molar-refractivity contribution in [1.29, 1.82) is 5.26 Å². The minimum atomic E-state index is -3.97. The van der Waals surface area contributed by atoms with Crippen molar-refractivity contribution in [3.05, 3.63) is 65.9 Å². The molecule has 0 bridgehead atoms. The molecule has 0 aromatic heterocycles. The van der Waals surface area contributed by atoms with Gasteiger partial charge in [-0.25, -0.2) is 18.0 Å². The third kappa shape index (κ3) is 5.59. The number of carbonyl (C=O) groups is 2. The lowest BCUT2D eigenvalue weighted by Crippen LogP contribution is -2.14. The Hall–Kier alpha value is -3.84. The number of rotatable bonds is 8. The number of para-hydroxylation sites is 2. The van der Waals surface area contributed by atoms with Gasteiger partial charge in [0.2, 0.25) is 0 Å².